The van der Waals surface area contributed by atoms with Crippen molar-refractivity contribution in [2.24, 2.45) is 5.73 Å². The van der Waals surface area contributed by atoms with Crippen LogP contribution in [0.25, 0.3) is 0 Å². The smallest absolute Gasteiger partial charge is 0.104 e. The first kappa shape index (κ1) is 7.15. The SMILES string of the molecule is Cc1cc(C(N)=S)ccn1. The number of nitrogens with two attached hydrogens (primary N) is 1. The maximum atomic E-state index is 5.39. The standard InChI is InChI=1S/C7H8N2S/c1-5-4-6(7(8)10)2-3-9-5/h2-4H,1H3,(H2,8,10). The number of hydrogen-bond donors (Lipinski definition) is 1. The van der Waals surface area contributed by atoms with E-state index in [9.17, 15) is 0 Å². The highest BCUT2D eigenvalue weighted by molar-refractivity contribution is 7.80. The van der Waals surface area contributed by atoms with E-state index in [0.29, 0.717) is 4.99 Å². The molecule has 0 aliphatic heterocycles. The summed E-state index contributed by atoms with van der Waals surface area (Å²) < 4.78 is 0. The molecule has 0 bridgehead atoms. The molecule has 0 aromatic carbocycles. The normalized spacial score (nSPS) is 9.30. The second-order valence-corrected chi connectivity index (χ2v) is 2.49. The van der Waals surface area contributed by atoms with Crippen molar-refractivity contribution < 1.29 is 0 Å². The number of aryl methyl sites for hydroxylation is 1. The monoisotopic (exact) mass is 152 g/mol. The third-order valence-corrected chi connectivity index (χ3v) is 1.42. The molecular formula is C7H8N2S. The van der Waals surface area contributed by atoms with E-state index in [2.05, 4.69) is 4.98 Å². The quantitative estimate of drug-likeness (QED) is 0.611. The van der Waals surface area contributed by atoms with Crippen LogP contribution in [-0.4, -0.2) is 9.97 Å². The van der Waals surface area contributed by atoms with Crippen molar-refractivity contribution >= 4 is 17.2 Å². The fourth-order valence-corrected chi connectivity index (χ4v) is 0.826. The molecule has 2 N–H and O–H groups in total. The van der Waals surface area contributed by atoms with Crippen LogP contribution in [0.3, 0.4) is 0 Å². The Hall–Kier alpha value is -0.960. The molecule has 1 aromatic heterocycles. The van der Waals surface area contributed by atoms with Crippen LogP contribution in [0.4, 0.5) is 0 Å². The molecule has 0 aliphatic rings. The van der Waals surface area contributed by atoms with Crippen molar-refractivity contribution in [3.8, 4) is 0 Å². The van der Waals surface area contributed by atoms with E-state index in [1.54, 1.807) is 12.3 Å². The van der Waals surface area contributed by atoms with Gasteiger partial charge >= 0.3 is 0 Å². The van der Waals surface area contributed by atoms with Crippen LogP contribution < -0.4 is 5.73 Å². The minimum atomic E-state index is 0.422. The summed E-state index contributed by atoms with van der Waals surface area (Å²) in [4.78, 5) is 4.43. The molecule has 0 atom stereocenters. The van der Waals surface area contributed by atoms with E-state index >= 15 is 0 Å². The maximum Gasteiger partial charge on any atom is 0.104 e. The Kier molecular flexibility index (Phi) is 1.97. The van der Waals surface area contributed by atoms with Crippen molar-refractivity contribution in [3.63, 3.8) is 0 Å². The molecule has 2 nitrogen and oxygen atoms in total. The number of rotatable bonds is 1. The van der Waals surface area contributed by atoms with Gasteiger partial charge in [-0.15, -0.1) is 0 Å². The molecule has 0 radical (unpaired) electrons. The summed E-state index contributed by atoms with van der Waals surface area (Å²) in [7, 11) is 0. The number of hydrogen-bond acceptors (Lipinski definition) is 2. The predicted octanol–water partition coefficient (Wildman–Crippen LogP) is 1.02. The molecule has 0 aliphatic carbocycles. The van der Waals surface area contributed by atoms with Crippen molar-refractivity contribution in [2.45, 2.75) is 6.92 Å². The molecular weight excluding hydrogens is 144 g/mol. The summed E-state index contributed by atoms with van der Waals surface area (Å²) in [5.41, 5.74) is 7.20. The summed E-state index contributed by atoms with van der Waals surface area (Å²) in [6.45, 7) is 1.90. The van der Waals surface area contributed by atoms with E-state index in [4.69, 9.17) is 18.0 Å². The van der Waals surface area contributed by atoms with Gasteiger partial charge in [-0.1, -0.05) is 12.2 Å². The fourth-order valence-electron chi connectivity index (χ4n) is 0.699. The molecule has 0 fully saturated rings. The third kappa shape index (κ3) is 1.51. The van der Waals surface area contributed by atoms with Gasteiger partial charge in [-0.2, -0.15) is 0 Å². The average Bonchev–Trinajstić information content (AvgIpc) is 1.88. The second kappa shape index (κ2) is 2.75. The van der Waals surface area contributed by atoms with Gasteiger partial charge < -0.3 is 5.73 Å². The van der Waals surface area contributed by atoms with Crippen molar-refractivity contribution in [3.05, 3.63) is 29.6 Å². The van der Waals surface area contributed by atoms with Crippen LogP contribution in [0.2, 0.25) is 0 Å². The Bertz CT molecular complexity index is 258. The maximum absolute atomic E-state index is 5.39. The van der Waals surface area contributed by atoms with E-state index < -0.39 is 0 Å². The predicted molar refractivity (Wildman–Crippen MR) is 44.9 cm³/mol. The van der Waals surface area contributed by atoms with Gasteiger partial charge in [0.15, 0.2) is 0 Å². The van der Waals surface area contributed by atoms with Gasteiger partial charge in [0.2, 0.25) is 0 Å². The summed E-state index contributed by atoms with van der Waals surface area (Å²) in [6, 6.07) is 3.66. The van der Waals surface area contributed by atoms with E-state index in [-0.39, 0.29) is 0 Å². The zero-order valence-electron chi connectivity index (χ0n) is 5.66. The first-order valence-corrected chi connectivity index (χ1v) is 3.33. The van der Waals surface area contributed by atoms with Gasteiger partial charge in [0, 0.05) is 17.5 Å². The van der Waals surface area contributed by atoms with Gasteiger partial charge in [0.05, 0.1) is 0 Å². The highest BCUT2D eigenvalue weighted by atomic mass is 32.1. The summed E-state index contributed by atoms with van der Waals surface area (Å²) >= 11 is 4.77. The van der Waals surface area contributed by atoms with Crippen LogP contribution in [0.1, 0.15) is 11.3 Å². The Morgan fingerprint density at radius 3 is 2.80 bits per heavy atom. The summed E-state index contributed by atoms with van der Waals surface area (Å²) in [6.07, 6.45) is 1.70. The molecule has 1 heterocycles. The zero-order valence-corrected chi connectivity index (χ0v) is 6.48. The van der Waals surface area contributed by atoms with Crippen LogP contribution >= 0.6 is 12.2 Å². The number of nitrogens with zero attached hydrogens (tertiary/aromatic N) is 1. The van der Waals surface area contributed by atoms with Crippen molar-refractivity contribution in [1.29, 1.82) is 0 Å². The second-order valence-electron chi connectivity index (χ2n) is 2.05. The summed E-state index contributed by atoms with van der Waals surface area (Å²) in [5.74, 6) is 0. The first-order valence-electron chi connectivity index (χ1n) is 2.92. The van der Waals surface area contributed by atoms with E-state index in [1.807, 2.05) is 13.0 Å². The lowest BCUT2D eigenvalue weighted by atomic mass is 10.2. The minimum Gasteiger partial charge on any atom is -0.389 e. The lowest BCUT2D eigenvalue weighted by Gasteiger charge is -1.96. The molecule has 0 spiro atoms. The highest BCUT2D eigenvalue weighted by Crippen LogP contribution is 1.99. The van der Waals surface area contributed by atoms with Crippen molar-refractivity contribution in [2.75, 3.05) is 0 Å². The van der Waals surface area contributed by atoms with Gasteiger partial charge in [-0.25, -0.2) is 0 Å². The lowest BCUT2D eigenvalue weighted by Crippen LogP contribution is -2.09. The molecule has 1 rings (SSSR count). The third-order valence-electron chi connectivity index (χ3n) is 1.18. The minimum absolute atomic E-state index is 0.422. The molecule has 0 saturated carbocycles. The number of pyridine rings is 1. The molecule has 3 heteroatoms. The molecule has 0 amide bonds. The van der Waals surface area contributed by atoms with Gasteiger partial charge in [0.25, 0.3) is 0 Å². The largest absolute Gasteiger partial charge is 0.389 e. The van der Waals surface area contributed by atoms with Gasteiger partial charge in [-0.3, -0.25) is 4.98 Å². The molecule has 0 saturated heterocycles. The van der Waals surface area contributed by atoms with Crippen LogP contribution in [-0.2, 0) is 0 Å². The highest BCUT2D eigenvalue weighted by Gasteiger charge is 1.93. The number of thiocarbonyl (C=S) groups is 1. The van der Waals surface area contributed by atoms with E-state index in [0.717, 1.165) is 11.3 Å². The van der Waals surface area contributed by atoms with Crippen LogP contribution in [0.15, 0.2) is 18.3 Å². The van der Waals surface area contributed by atoms with Gasteiger partial charge in [0.1, 0.15) is 4.99 Å². The Morgan fingerprint density at radius 2 is 2.40 bits per heavy atom. The van der Waals surface area contributed by atoms with Gasteiger partial charge in [-0.05, 0) is 19.1 Å². The molecule has 0 unspecified atom stereocenters. The molecule has 52 valence electrons. The Morgan fingerprint density at radius 1 is 1.70 bits per heavy atom. The molecule has 10 heavy (non-hydrogen) atoms. The topological polar surface area (TPSA) is 38.9 Å². The fraction of sp³-hybridized carbons (Fsp3) is 0.143. The lowest BCUT2D eigenvalue weighted by molar-refractivity contribution is 1.20. The van der Waals surface area contributed by atoms with Crippen LogP contribution in [0, 0.1) is 6.92 Å². The zero-order chi connectivity index (χ0) is 7.56. The molecule has 1 aromatic rings. The number of aromatic nitrogens is 1. The van der Waals surface area contributed by atoms with Crippen LogP contribution in [0.5, 0.6) is 0 Å². The van der Waals surface area contributed by atoms with E-state index in [1.165, 1.54) is 0 Å². The van der Waals surface area contributed by atoms with Crippen molar-refractivity contribution in [1.82, 2.24) is 4.98 Å². The Balaban J connectivity index is 3.07. The average molecular weight is 152 g/mol. The summed E-state index contributed by atoms with van der Waals surface area (Å²) in [5, 5.41) is 0. The Labute approximate surface area is 65.1 Å². The first-order chi connectivity index (χ1) is 4.70.